The first kappa shape index (κ1) is 21.0. The molecule has 1 N–H and O–H groups in total. The van der Waals surface area contributed by atoms with E-state index in [2.05, 4.69) is 18.2 Å². The van der Waals surface area contributed by atoms with Crippen molar-refractivity contribution in [2.24, 2.45) is 0 Å². The zero-order valence-electron chi connectivity index (χ0n) is 13.0. The fraction of sp³-hybridized carbons (Fsp3) is 0.750. The number of ether oxygens (including phenoxy) is 1. The Morgan fingerprint density at radius 3 is 1.75 bits per heavy atom. The van der Waals surface area contributed by atoms with Crippen LogP contribution in [0.1, 0.15) is 78.1 Å². The molecule has 0 heterocycles. The average molecular weight is 286 g/mol. The van der Waals surface area contributed by atoms with Gasteiger partial charge in [0, 0.05) is 13.3 Å². The summed E-state index contributed by atoms with van der Waals surface area (Å²) in [7, 11) is 0. The van der Waals surface area contributed by atoms with Gasteiger partial charge in [-0.2, -0.15) is 0 Å². The summed E-state index contributed by atoms with van der Waals surface area (Å²) in [5.41, 5.74) is 0. The molecule has 0 amide bonds. The van der Waals surface area contributed by atoms with Crippen LogP contribution in [0.25, 0.3) is 0 Å². The van der Waals surface area contributed by atoms with E-state index in [1.54, 1.807) is 0 Å². The first-order valence-corrected chi connectivity index (χ1v) is 7.54. The van der Waals surface area contributed by atoms with Gasteiger partial charge >= 0.3 is 11.9 Å². The molecule has 0 bridgehead atoms. The van der Waals surface area contributed by atoms with Crippen molar-refractivity contribution >= 4 is 11.9 Å². The minimum absolute atomic E-state index is 0.329. The predicted molar refractivity (Wildman–Crippen MR) is 81.4 cm³/mol. The van der Waals surface area contributed by atoms with Gasteiger partial charge in [-0.25, -0.2) is 0 Å². The molecule has 0 fully saturated rings. The number of rotatable bonds is 11. The number of carboxylic acids is 1. The summed E-state index contributed by atoms with van der Waals surface area (Å²) >= 11 is 0. The molecule has 0 aliphatic rings. The normalized spacial score (nSPS) is 9.30. The number of hydrogen-bond acceptors (Lipinski definition) is 3. The zero-order chi connectivity index (χ0) is 15.6. The first-order chi connectivity index (χ1) is 9.54. The van der Waals surface area contributed by atoms with Gasteiger partial charge in [0.25, 0.3) is 0 Å². The second kappa shape index (κ2) is 17.7. The van der Waals surface area contributed by atoms with E-state index in [4.69, 9.17) is 5.11 Å². The topological polar surface area (TPSA) is 63.6 Å². The molecule has 0 aliphatic heterocycles. The third-order valence-electron chi connectivity index (χ3n) is 2.74. The van der Waals surface area contributed by atoms with Crippen LogP contribution < -0.4 is 0 Å². The molecule has 20 heavy (non-hydrogen) atoms. The second-order valence-electron chi connectivity index (χ2n) is 4.75. The smallest absolute Gasteiger partial charge is 0.307 e. The summed E-state index contributed by atoms with van der Waals surface area (Å²) < 4.78 is 4.17. The molecular formula is C16H30O4. The Kier molecular flexibility index (Phi) is 18.6. The fourth-order valence-electron chi connectivity index (χ4n) is 1.70. The van der Waals surface area contributed by atoms with Gasteiger partial charge in [-0.15, -0.1) is 0 Å². The van der Waals surface area contributed by atoms with Crippen molar-refractivity contribution in [1.29, 1.82) is 0 Å². The monoisotopic (exact) mass is 286 g/mol. The Balaban J connectivity index is 0. The van der Waals surface area contributed by atoms with E-state index in [0.717, 1.165) is 19.1 Å². The summed E-state index contributed by atoms with van der Waals surface area (Å²) in [6, 6.07) is 0. The van der Waals surface area contributed by atoms with Gasteiger partial charge in [0.05, 0.1) is 6.26 Å². The van der Waals surface area contributed by atoms with E-state index in [1.807, 2.05) is 0 Å². The van der Waals surface area contributed by atoms with E-state index >= 15 is 0 Å². The molecule has 0 saturated carbocycles. The van der Waals surface area contributed by atoms with Gasteiger partial charge < -0.3 is 9.84 Å². The maximum Gasteiger partial charge on any atom is 0.307 e. The minimum atomic E-state index is -0.659. The SMILES string of the molecule is C=COC(C)=O.CCCCCCCCCCCC(=O)O. The molecule has 0 spiro atoms. The lowest BCUT2D eigenvalue weighted by atomic mass is 10.1. The van der Waals surface area contributed by atoms with Crippen molar-refractivity contribution < 1.29 is 19.4 Å². The lowest BCUT2D eigenvalue weighted by Gasteiger charge is -2.00. The maximum atomic E-state index is 10.2. The molecule has 0 radical (unpaired) electrons. The molecule has 0 atom stereocenters. The number of carboxylic acid groups (broad SMARTS) is 1. The summed E-state index contributed by atoms with van der Waals surface area (Å²) in [5, 5.41) is 8.41. The van der Waals surface area contributed by atoms with Crippen LogP contribution >= 0.6 is 0 Å². The van der Waals surface area contributed by atoms with Gasteiger partial charge in [0.1, 0.15) is 0 Å². The highest BCUT2D eigenvalue weighted by Gasteiger charge is 1.96. The van der Waals surface area contributed by atoms with Crippen molar-refractivity contribution in [3.8, 4) is 0 Å². The molecule has 0 aromatic carbocycles. The molecule has 4 nitrogen and oxygen atoms in total. The lowest BCUT2D eigenvalue weighted by Crippen LogP contribution is -1.93. The van der Waals surface area contributed by atoms with Crippen LogP contribution in [-0.2, 0) is 14.3 Å². The summed E-state index contributed by atoms with van der Waals surface area (Å²) in [4.78, 5) is 20.0. The Labute approximate surface area is 123 Å². The second-order valence-corrected chi connectivity index (χ2v) is 4.75. The molecule has 0 saturated heterocycles. The van der Waals surface area contributed by atoms with Crippen molar-refractivity contribution in [2.45, 2.75) is 78.1 Å². The summed E-state index contributed by atoms with van der Waals surface area (Å²) in [5.74, 6) is -0.988. The Hall–Kier alpha value is -1.32. The van der Waals surface area contributed by atoms with Gasteiger partial charge in [-0.1, -0.05) is 64.9 Å². The lowest BCUT2D eigenvalue weighted by molar-refractivity contribution is -0.137. The molecular weight excluding hydrogens is 256 g/mol. The fourth-order valence-corrected chi connectivity index (χ4v) is 1.70. The third kappa shape index (κ3) is 25.5. The van der Waals surface area contributed by atoms with Crippen molar-refractivity contribution in [3.63, 3.8) is 0 Å². The van der Waals surface area contributed by atoms with Gasteiger partial charge in [-0.05, 0) is 6.42 Å². The molecule has 4 heteroatoms. The highest BCUT2D eigenvalue weighted by atomic mass is 16.5. The van der Waals surface area contributed by atoms with Crippen LogP contribution in [0.15, 0.2) is 12.8 Å². The molecule has 0 aliphatic carbocycles. The van der Waals surface area contributed by atoms with E-state index in [9.17, 15) is 9.59 Å². The quantitative estimate of drug-likeness (QED) is 0.340. The van der Waals surface area contributed by atoms with Crippen LogP contribution in [0.2, 0.25) is 0 Å². The highest BCUT2D eigenvalue weighted by Crippen LogP contribution is 2.10. The standard InChI is InChI=1S/C12H24O2.C4H6O2/c1-2-3-4-5-6-7-8-9-10-11-12(13)14;1-3-6-4(2)5/h2-11H2,1H3,(H,13,14);3H,1H2,2H3. The van der Waals surface area contributed by atoms with Crippen LogP contribution in [0.4, 0.5) is 0 Å². The van der Waals surface area contributed by atoms with E-state index in [1.165, 1.54) is 51.9 Å². The van der Waals surface area contributed by atoms with Crippen molar-refractivity contribution in [1.82, 2.24) is 0 Å². The Morgan fingerprint density at radius 2 is 1.45 bits per heavy atom. The summed E-state index contributed by atoms with van der Waals surface area (Å²) in [6.07, 6.45) is 12.6. The number of hydrogen-bond donors (Lipinski definition) is 1. The zero-order valence-corrected chi connectivity index (χ0v) is 13.0. The van der Waals surface area contributed by atoms with Crippen molar-refractivity contribution in [2.75, 3.05) is 0 Å². The minimum Gasteiger partial charge on any atom is -0.481 e. The van der Waals surface area contributed by atoms with Gasteiger partial charge in [0.15, 0.2) is 0 Å². The Bertz CT molecular complexity index is 249. The van der Waals surface area contributed by atoms with Crippen LogP contribution in [0, 0.1) is 0 Å². The first-order valence-electron chi connectivity index (χ1n) is 7.54. The van der Waals surface area contributed by atoms with Crippen molar-refractivity contribution in [3.05, 3.63) is 12.8 Å². The van der Waals surface area contributed by atoms with Crippen LogP contribution in [0.3, 0.4) is 0 Å². The average Bonchev–Trinajstić information content (AvgIpc) is 2.37. The van der Waals surface area contributed by atoms with Crippen LogP contribution in [-0.4, -0.2) is 17.0 Å². The number of esters is 1. The molecule has 0 aromatic heterocycles. The van der Waals surface area contributed by atoms with E-state index < -0.39 is 5.97 Å². The molecule has 118 valence electrons. The van der Waals surface area contributed by atoms with Gasteiger partial charge in [0.2, 0.25) is 0 Å². The van der Waals surface area contributed by atoms with E-state index in [-0.39, 0.29) is 5.97 Å². The molecule has 0 unspecified atom stereocenters. The third-order valence-corrected chi connectivity index (χ3v) is 2.74. The highest BCUT2D eigenvalue weighted by molar-refractivity contribution is 5.66. The maximum absolute atomic E-state index is 10.2. The number of carbonyl (C=O) groups excluding carboxylic acids is 1. The summed E-state index contributed by atoms with van der Waals surface area (Å²) in [6.45, 7) is 6.71. The van der Waals surface area contributed by atoms with Gasteiger partial charge in [-0.3, -0.25) is 9.59 Å². The number of unbranched alkanes of at least 4 members (excludes halogenated alkanes) is 8. The Morgan fingerprint density at radius 1 is 1.00 bits per heavy atom. The number of aliphatic carboxylic acids is 1. The molecule has 0 aromatic rings. The molecule has 0 rings (SSSR count). The largest absolute Gasteiger partial charge is 0.481 e. The van der Waals surface area contributed by atoms with E-state index in [0.29, 0.717) is 6.42 Å². The predicted octanol–water partition coefficient (Wildman–Crippen LogP) is 4.68. The van der Waals surface area contributed by atoms with Crippen LogP contribution in [0.5, 0.6) is 0 Å². The number of carbonyl (C=O) groups is 2.